The number of carbonyl (C=O) groups excluding carboxylic acids is 2. The van der Waals surface area contributed by atoms with E-state index in [2.05, 4.69) is 10.3 Å². The molecule has 1 amide bonds. The Morgan fingerprint density at radius 3 is 2.58 bits per heavy atom. The number of carbonyl (C=O) groups is 2. The van der Waals surface area contributed by atoms with Crippen LogP contribution in [0.1, 0.15) is 36.9 Å². The Labute approximate surface area is 225 Å². The molecule has 38 heavy (non-hydrogen) atoms. The maximum absolute atomic E-state index is 14.3. The Bertz CT molecular complexity index is 1320. The number of fused-ring (bicyclic) bond motifs is 1. The maximum Gasteiger partial charge on any atom is 0.338 e. The van der Waals surface area contributed by atoms with E-state index in [4.69, 9.17) is 14.2 Å². The van der Waals surface area contributed by atoms with Gasteiger partial charge in [0.2, 0.25) is 5.91 Å². The van der Waals surface area contributed by atoms with E-state index in [9.17, 15) is 14.0 Å². The van der Waals surface area contributed by atoms with E-state index < -0.39 is 17.8 Å². The number of thioether (sulfide) groups is 1. The molecular weight excluding hydrogens is 509 g/mol. The van der Waals surface area contributed by atoms with Gasteiger partial charge >= 0.3 is 5.97 Å². The number of ether oxygens (including phenoxy) is 3. The highest BCUT2D eigenvalue weighted by Crippen LogP contribution is 2.45. The molecule has 8 nitrogen and oxygen atoms in total. The van der Waals surface area contributed by atoms with Crippen molar-refractivity contribution >= 4 is 28.8 Å². The lowest BCUT2D eigenvalue weighted by atomic mass is 9.93. The van der Waals surface area contributed by atoms with Crippen molar-refractivity contribution in [3.05, 3.63) is 81.8 Å². The molecule has 0 saturated carbocycles. The highest BCUT2D eigenvalue weighted by Gasteiger charge is 2.41. The molecule has 2 aromatic carbocycles. The third-order valence-corrected chi connectivity index (χ3v) is 7.21. The number of amidine groups is 1. The number of aliphatic imine (C=N–C) groups is 1. The van der Waals surface area contributed by atoms with Crippen LogP contribution in [-0.4, -0.2) is 49.8 Å². The second kappa shape index (κ2) is 12.2. The van der Waals surface area contributed by atoms with Crippen molar-refractivity contribution in [2.75, 3.05) is 27.9 Å². The monoisotopic (exact) mass is 539 g/mol. The van der Waals surface area contributed by atoms with Gasteiger partial charge in [0.15, 0.2) is 16.7 Å². The standard InChI is InChI=1S/C28H30FN3O5S/c1-5-21-25(27(34)37-4)26(18-7-6-8-19(29)14-18)32-20(16-38-28(32)31-21)15-24(33)30-12-11-17-9-10-22(35-2)23(13-17)36-3/h6-10,13-14,16,26H,5,11-12,15H2,1-4H3,(H,30,33). The topological polar surface area (TPSA) is 89.5 Å². The molecule has 2 heterocycles. The largest absolute Gasteiger partial charge is 0.493 e. The Kier molecular flexibility index (Phi) is 8.73. The van der Waals surface area contributed by atoms with Crippen LogP contribution in [-0.2, 0) is 20.7 Å². The van der Waals surface area contributed by atoms with Gasteiger partial charge in [-0.3, -0.25) is 4.79 Å². The number of hydrogen-bond donors (Lipinski definition) is 1. The first-order valence-electron chi connectivity index (χ1n) is 12.2. The van der Waals surface area contributed by atoms with Gasteiger partial charge < -0.3 is 24.4 Å². The van der Waals surface area contributed by atoms with Gasteiger partial charge in [-0.1, -0.05) is 36.9 Å². The lowest BCUT2D eigenvalue weighted by Gasteiger charge is -2.36. The molecule has 200 valence electrons. The number of amides is 1. The SMILES string of the molecule is CCC1=C(C(=O)OC)C(c2cccc(F)c2)N2C(CC(=O)NCCc3ccc(OC)c(OC)c3)=CSC2=N1. The van der Waals surface area contributed by atoms with Gasteiger partial charge in [0.25, 0.3) is 0 Å². The van der Waals surface area contributed by atoms with Crippen LogP contribution in [0.5, 0.6) is 11.5 Å². The first kappa shape index (κ1) is 27.3. The number of nitrogens with zero attached hydrogens (tertiary/aromatic N) is 2. The van der Waals surface area contributed by atoms with Crippen LogP contribution in [0.2, 0.25) is 0 Å². The normalized spacial score (nSPS) is 16.4. The fourth-order valence-corrected chi connectivity index (χ4v) is 5.45. The maximum atomic E-state index is 14.3. The van der Waals surface area contributed by atoms with Crippen molar-refractivity contribution in [1.82, 2.24) is 10.2 Å². The predicted molar refractivity (Wildman–Crippen MR) is 144 cm³/mol. The van der Waals surface area contributed by atoms with Gasteiger partial charge in [-0.05, 0) is 53.6 Å². The summed E-state index contributed by atoms with van der Waals surface area (Å²) in [5, 5.41) is 5.45. The molecule has 2 aliphatic rings. The zero-order chi connectivity index (χ0) is 27.2. The molecule has 2 aliphatic heterocycles. The summed E-state index contributed by atoms with van der Waals surface area (Å²) in [5.41, 5.74) is 3.16. The van der Waals surface area contributed by atoms with Crippen LogP contribution in [0.15, 0.2) is 69.8 Å². The summed E-state index contributed by atoms with van der Waals surface area (Å²) >= 11 is 1.38. The van der Waals surface area contributed by atoms with Gasteiger partial charge in [0, 0.05) is 12.2 Å². The number of methoxy groups -OCH3 is 3. The Morgan fingerprint density at radius 1 is 1.11 bits per heavy atom. The number of halogens is 1. The first-order valence-corrected chi connectivity index (χ1v) is 13.1. The summed E-state index contributed by atoms with van der Waals surface area (Å²) in [5.74, 6) is 0.144. The quantitative estimate of drug-likeness (QED) is 0.437. The summed E-state index contributed by atoms with van der Waals surface area (Å²) in [6.07, 6.45) is 1.18. The number of benzene rings is 2. The molecular formula is C28H30FN3O5S. The summed E-state index contributed by atoms with van der Waals surface area (Å²) in [6.45, 7) is 2.33. The van der Waals surface area contributed by atoms with Crippen molar-refractivity contribution in [2.24, 2.45) is 4.99 Å². The molecule has 4 rings (SSSR count). The third kappa shape index (κ3) is 5.70. The van der Waals surface area contributed by atoms with E-state index >= 15 is 0 Å². The minimum absolute atomic E-state index is 0.0691. The number of nitrogens with one attached hydrogen (secondary N) is 1. The van der Waals surface area contributed by atoms with Crippen LogP contribution in [0.4, 0.5) is 4.39 Å². The summed E-state index contributed by atoms with van der Waals surface area (Å²) < 4.78 is 30.0. The van der Waals surface area contributed by atoms with Crippen molar-refractivity contribution in [3.63, 3.8) is 0 Å². The van der Waals surface area contributed by atoms with Crippen molar-refractivity contribution < 1.29 is 28.2 Å². The minimum atomic E-state index is -0.665. The minimum Gasteiger partial charge on any atom is -0.493 e. The number of esters is 1. The predicted octanol–water partition coefficient (Wildman–Crippen LogP) is 4.73. The molecule has 0 aliphatic carbocycles. The smallest absolute Gasteiger partial charge is 0.338 e. The molecule has 0 saturated heterocycles. The molecule has 1 unspecified atom stereocenters. The molecule has 1 N–H and O–H groups in total. The average Bonchev–Trinajstić information content (AvgIpc) is 3.33. The Morgan fingerprint density at radius 2 is 1.89 bits per heavy atom. The van der Waals surface area contributed by atoms with E-state index in [-0.39, 0.29) is 12.3 Å². The van der Waals surface area contributed by atoms with Crippen molar-refractivity contribution in [2.45, 2.75) is 32.2 Å². The summed E-state index contributed by atoms with van der Waals surface area (Å²) in [6, 6.07) is 11.1. The zero-order valence-corrected chi connectivity index (χ0v) is 22.6. The highest BCUT2D eigenvalue weighted by molar-refractivity contribution is 8.16. The van der Waals surface area contributed by atoms with E-state index in [1.807, 2.05) is 35.4 Å². The summed E-state index contributed by atoms with van der Waals surface area (Å²) in [4.78, 5) is 32.4. The number of allylic oxidation sites excluding steroid dienone is 1. The lowest BCUT2D eigenvalue weighted by molar-refractivity contribution is -0.136. The number of rotatable bonds is 10. The molecule has 2 aromatic rings. The Balaban J connectivity index is 1.51. The van der Waals surface area contributed by atoms with Gasteiger partial charge in [-0.15, -0.1) is 0 Å². The van der Waals surface area contributed by atoms with Crippen LogP contribution in [0.25, 0.3) is 0 Å². The Hall–Kier alpha value is -3.79. The van der Waals surface area contributed by atoms with E-state index in [0.29, 0.717) is 58.6 Å². The van der Waals surface area contributed by atoms with Crippen molar-refractivity contribution in [3.8, 4) is 11.5 Å². The molecule has 1 atom stereocenters. The lowest BCUT2D eigenvalue weighted by Crippen LogP contribution is -2.38. The van der Waals surface area contributed by atoms with Gasteiger partial charge in [-0.2, -0.15) is 0 Å². The second-order valence-corrected chi connectivity index (χ2v) is 9.46. The van der Waals surface area contributed by atoms with Crippen LogP contribution in [0.3, 0.4) is 0 Å². The fraction of sp³-hybridized carbons (Fsp3) is 0.321. The molecule has 10 heteroatoms. The first-order chi connectivity index (χ1) is 18.4. The average molecular weight is 540 g/mol. The van der Waals surface area contributed by atoms with E-state index in [1.165, 1.54) is 31.0 Å². The van der Waals surface area contributed by atoms with Crippen LogP contribution < -0.4 is 14.8 Å². The third-order valence-electron chi connectivity index (χ3n) is 6.32. The summed E-state index contributed by atoms with van der Waals surface area (Å²) in [7, 11) is 4.47. The molecule has 0 radical (unpaired) electrons. The van der Waals surface area contributed by atoms with Crippen LogP contribution >= 0.6 is 11.8 Å². The van der Waals surface area contributed by atoms with E-state index in [0.717, 1.165) is 5.56 Å². The molecule has 0 bridgehead atoms. The molecule has 0 fully saturated rings. The van der Waals surface area contributed by atoms with Crippen molar-refractivity contribution in [1.29, 1.82) is 0 Å². The van der Waals surface area contributed by atoms with Gasteiger partial charge in [-0.25, -0.2) is 14.2 Å². The zero-order valence-electron chi connectivity index (χ0n) is 21.7. The molecule has 0 spiro atoms. The van der Waals surface area contributed by atoms with Gasteiger partial charge in [0.1, 0.15) is 5.82 Å². The fourth-order valence-electron chi connectivity index (χ4n) is 4.51. The highest BCUT2D eigenvalue weighted by atomic mass is 32.2. The second-order valence-electron chi connectivity index (χ2n) is 8.62. The van der Waals surface area contributed by atoms with E-state index in [1.54, 1.807) is 26.4 Å². The van der Waals surface area contributed by atoms with Gasteiger partial charge in [0.05, 0.1) is 45.1 Å². The molecule has 0 aromatic heterocycles. The number of hydrogen-bond acceptors (Lipinski definition) is 8. The van der Waals surface area contributed by atoms with Crippen LogP contribution in [0, 0.1) is 5.82 Å².